The number of anilines is 2. The number of rotatable bonds is 4. The summed E-state index contributed by atoms with van der Waals surface area (Å²) in [4.78, 5) is 13.1. The Morgan fingerprint density at radius 1 is 0.875 bits per heavy atom. The second kappa shape index (κ2) is 7.70. The molecule has 4 aromatic rings. The molecule has 0 fully saturated rings. The SMILES string of the molecule is COc1nc2[nH]c(C(F)(F)F)nc2cc1Nc1ccc(-c2ccc(C(F)(F)F)nc2)cc1. The maximum atomic E-state index is 12.9. The number of benzene rings is 1. The largest absolute Gasteiger partial charge is 0.479 e. The molecular formula is C20H13F6N5O. The number of hydrogen-bond acceptors (Lipinski definition) is 5. The van der Waals surface area contributed by atoms with Crippen molar-refractivity contribution in [2.75, 3.05) is 12.4 Å². The van der Waals surface area contributed by atoms with Crippen LogP contribution >= 0.6 is 0 Å². The number of pyridine rings is 2. The Morgan fingerprint density at radius 2 is 1.56 bits per heavy atom. The van der Waals surface area contributed by atoms with Crippen molar-refractivity contribution in [2.24, 2.45) is 0 Å². The summed E-state index contributed by atoms with van der Waals surface area (Å²) in [6.07, 6.45) is -8.04. The number of aromatic nitrogens is 4. The van der Waals surface area contributed by atoms with Crippen LogP contribution in [0.25, 0.3) is 22.3 Å². The Bertz CT molecular complexity index is 1250. The number of fused-ring (bicyclic) bond motifs is 1. The molecule has 1 aromatic carbocycles. The first kappa shape index (κ1) is 21.4. The lowest BCUT2D eigenvalue weighted by molar-refractivity contribution is -0.144. The zero-order chi connectivity index (χ0) is 23.1. The fourth-order valence-corrected chi connectivity index (χ4v) is 2.94. The highest BCUT2D eigenvalue weighted by Crippen LogP contribution is 2.33. The highest BCUT2D eigenvalue weighted by molar-refractivity contribution is 5.80. The summed E-state index contributed by atoms with van der Waals surface area (Å²) in [5.74, 6) is -1.13. The predicted molar refractivity (Wildman–Crippen MR) is 103 cm³/mol. The summed E-state index contributed by atoms with van der Waals surface area (Å²) in [5, 5.41) is 2.98. The van der Waals surface area contributed by atoms with Crippen molar-refractivity contribution in [3.8, 4) is 17.0 Å². The molecule has 0 aliphatic rings. The van der Waals surface area contributed by atoms with Gasteiger partial charge in [-0.3, -0.25) is 4.98 Å². The van der Waals surface area contributed by atoms with Crippen LogP contribution < -0.4 is 10.1 Å². The standard InChI is InChI=1S/C20H13F6N5O/c1-32-17-14(8-13-16(30-17)31-18(29-13)20(24,25)26)28-12-5-2-10(3-6-12)11-4-7-15(27-9-11)19(21,22)23/h2-9,28H,1H3,(H,29,30,31). The quantitative estimate of drug-likeness (QED) is 0.382. The van der Waals surface area contributed by atoms with E-state index in [0.717, 1.165) is 12.3 Å². The Labute approximate surface area is 176 Å². The van der Waals surface area contributed by atoms with Gasteiger partial charge >= 0.3 is 12.4 Å². The number of aromatic amines is 1. The summed E-state index contributed by atoms with van der Waals surface area (Å²) in [6, 6.07) is 10.2. The van der Waals surface area contributed by atoms with Gasteiger partial charge in [-0.1, -0.05) is 18.2 Å². The van der Waals surface area contributed by atoms with Crippen molar-refractivity contribution in [2.45, 2.75) is 12.4 Å². The van der Waals surface area contributed by atoms with Crippen molar-refractivity contribution in [1.82, 2.24) is 19.9 Å². The normalized spacial score (nSPS) is 12.2. The zero-order valence-electron chi connectivity index (χ0n) is 16.1. The molecule has 2 N–H and O–H groups in total. The van der Waals surface area contributed by atoms with Gasteiger partial charge in [0.15, 0.2) is 5.65 Å². The first-order valence-electron chi connectivity index (χ1n) is 8.97. The Kier molecular flexibility index (Phi) is 5.15. The summed E-state index contributed by atoms with van der Waals surface area (Å²) in [5.41, 5.74) is 0.865. The van der Waals surface area contributed by atoms with Crippen LogP contribution in [0.1, 0.15) is 11.5 Å². The molecular weight excluding hydrogens is 440 g/mol. The first-order valence-corrected chi connectivity index (χ1v) is 8.97. The number of ether oxygens (including phenoxy) is 1. The lowest BCUT2D eigenvalue weighted by Gasteiger charge is -2.11. The molecule has 0 saturated carbocycles. The first-order chi connectivity index (χ1) is 15.0. The summed E-state index contributed by atoms with van der Waals surface area (Å²) < 4.78 is 81.8. The van der Waals surface area contributed by atoms with Crippen LogP contribution in [0.2, 0.25) is 0 Å². The summed E-state index contributed by atoms with van der Waals surface area (Å²) in [7, 11) is 1.32. The van der Waals surface area contributed by atoms with Gasteiger partial charge in [0, 0.05) is 17.4 Å². The molecule has 3 heterocycles. The lowest BCUT2D eigenvalue weighted by Crippen LogP contribution is -2.07. The molecule has 0 amide bonds. The van der Waals surface area contributed by atoms with Crippen molar-refractivity contribution < 1.29 is 31.1 Å². The minimum absolute atomic E-state index is 0.00641. The fraction of sp³-hybridized carbons (Fsp3) is 0.150. The molecule has 6 nitrogen and oxygen atoms in total. The molecule has 4 rings (SSSR count). The van der Waals surface area contributed by atoms with Crippen LogP contribution in [0.4, 0.5) is 37.7 Å². The number of hydrogen-bond donors (Lipinski definition) is 2. The van der Waals surface area contributed by atoms with E-state index in [1.165, 1.54) is 19.2 Å². The van der Waals surface area contributed by atoms with E-state index in [2.05, 4.69) is 25.3 Å². The van der Waals surface area contributed by atoms with E-state index in [-0.39, 0.29) is 22.7 Å². The van der Waals surface area contributed by atoms with Gasteiger partial charge in [-0.15, -0.1) is 0 Å². The van der Waals surface area contributed by atoms with E-state index in [1.807, 2.05) is 0 Å². The van der Waals surface area contributed by atoms with E-state index in [0.29, 0.717) is 16.8 Å². The molecule has 0 aliphatic heterocycles. The molecule has 0 aliphatic carbocycles. The van der Waals surface area contributed by atoms with Gasteiger partial charge in [0.2, 0.25) is 11.7 Å². The van der Waals surface area contributed by atoms with E-state index >= 15 is 0 Å². The van der Waals surface area contributed by atoms with Crippen LogP contribution in [0.5, 0.6) is 5.88 Å². The molecule has 12 heteroatoms. The third-order valence-corrected chi connectivity index (χ3v) is 4.45. The summed E-state index contributed by atoms with van der Waals surface area (Å²) in [6.45, 7) is 0. The monoisotopic (exact) mass is 453 g/mol. The Morgan fingerprint density at radius 3 is 2.12 bits per heavy atom. The van der Waals surface area contributed by atoms with Gasteiger partial charge < -0.3 is 15.0 Å². The number of H-pyrrole nitrogens is 1. The molecule has 0 radical (unpaired) electrons. The van der Waals surface area contributed by atoms with E-state index in [9.17, 15) is 26.3 Å². The second-order valence-electron chi connectivity index (χ2n) is 6.63. The molecule has 0 unspecified atom stereocenters. The van der Waals surface area contributed by atoms with Gasteiger partial charge in [-0.25, -0.2) is 4.98 Å². The van der Waals surface area contributed by atoms with Crippen LogP contribution in [-0.2, 0) is 12.4 Å². The maximum Gasteiger partial charge on any atom is 0.449 e. The zero-order valence-corrected chi connectivity index (χ0v) is 16.1. The average molecular weight is 453 g/mol. The third-order valence-electron chi connectivity index (χ3n) is 4.45. The van der Waals surface area contributed by atoms with Crippen LogP contribution in [0.15, 0.2) is 48.7 Å². The topological polar surface area (TPSA) is 75.7 Å². The Hall–Kier alpha value is -3.83. The molecule has 3 aromatic heterocycles. The van der Waals surface area contributed by atoms with E-state index < -0.39 is 23.9 Å². The summed E-state index contributed by atoms with van der Waals surface area (Å²) >= 11 is 0. The fourth-order valence-electron chi connectivity index (χ4n) is 2.94. The number of imidazole rings is 1. The highest BCUT2D eigenvalue weighted by atomic mass is 19.4. The molecule has 0 bridgehead atoms. The predicted octanol–water partition coefficient (Wildman–Crippen LogP) is 5.81. The molecule has 0 saturated heterocycles. The van der Waals surface area contributed by atoms with Gasteiger partial charge in [-0.05, 0) is 29.8 Å². The van der Waals surface area contributed by atoms with Crippen molar-refractivity contribution in [3.63, 3.8) is 0 Å². The second-order valence-corrected chi connectivity index (χ2v) is 6.63. The van der Waals surface area contributed by atoms with Crippen molar-refractivity contribution in [1.29, 1.82) is 0 Å². The van der Waals surface area contributed by atoms with Gasteiger partial charge in [0.25, 0.3) is 0 Å². The van der Waals surface area contributed by atoms with Gasteiger partial charge in [-0.2, -0.15) is 31.3 Å². The average Bonchev–Trinajstić information content (AvgIpc) is 3.17. The number of alkyl halides is 6. The third kappa shape index (κ3) is 4.29. The molecule has 32 heavy (non-hydrogen) atoms. The molecule has 0 spiro atoms. The minimum atomic E-state index is -4.65. The Balaban J connectivity index is 1.59. The smallest absolute Gasteiger partial charge is 0.449 e. The number of nitrogens with zero attached hydrogens (tertiary/aromatic N) is 3. The van der Waals surface area contributed by atoms with Crippen LogP contribution in [0.3, 0.4) is 0 Å². The van der Waals surface area contributed by atoms with E-state index in [4.69, 9.17) is 4.74 Å². The maximum absolute atomic E-state index is 12.9. The van der Waals surface area contributed by atoms with Crippen molar-refractivity contribution >= 4 is 22.5 Å². The number of nitrogens with one attached hydrogen (secondary N) is 2. The van der Waals surface area contributed by atoms with Gasteiger partial charge in [0.05, 0.1) is 7.11 Å². The minimum Gasteiger partial charge on any atom is -0.479 e. The van der Waals surface area contributed by atoms with Crippen LogP contribution in [-0.4, -0.2) is 27.0 Å². The van der Waals surface area contributed by atoms with E-state index in [1.54, 1.807) is 24.3 Å². The molecule has 0 atom stereocenters. The van der Waals surface area contributed by atoms with Crippen LogP contribution in [0, 0.1) is 0 Å². The molecule has 166 valence electrons. The van der Waals surface area contributed by atoms with Crippen molar-refractivity contribution in [3.05, 3.63) is 60.2 Å². The van der Waals surface area contributed by atoms with Gasteiger partial charge in [0.1, 0.15) is 16.9 Å². The number of halogens is 6. The number of methoxy groups -OCH3 is 1. The lowest BCUT2D eigenvalue weighted by atomic mass is 10.1. The highest BCUT2D eigenvalue weighted by Gasteiger charge is 2.35.